The van der Waals surface area contributed by atoms with Gasteiger partial charge >= 0.3 is 30.8 Å². The van der Waals surface area contributed by atoms with Crippen molar-refractivity contribution in [3.63, 3.8) is 0 Å². The second-order valence-electron chi connectivity index (χ2n) is 0.350. The van der Waals surface area contributed by atoms with Gasteiger partial charge in [-0.25, -0.2) is 0 Å². The fourth-order valence-corrected chi connectivity index (χ4v) is 0. The van der Waals surface area contributed by atoms with Gasteiger partial charge in [0.2, 0.25) is 0 Å². The molecule has 0 radical (unpaired) electrons. The fraction of sp³-hybridized carbons (Fsp3) is 0. The molecular formula is H10F4O5W. The van der Waals surface area contributed by atoms with Crippen LogP contribution in [0.15, 0.2) is 0 Å². The Hall–Kier alpha value is 0.208. The normalized spacial score (nSPS) is 7.60. The van der Waals surface area contributed by atoms with Crippen molar-refractivity contribution in [1.29, 1.82) is 0 Å². The van der Waals surface area contributed by atoms with Gasteiger partial charge < -0.3 is 27.4 Å². The SMILES string of the molecule is O.O.O.O.O.[F][W]([F])([F])[F]. The van der Waals surface area contributed by atoms with E-state index in [0.717, 1.165) is 0 Å². The van der Waals surface area contributed by atoms with Crippen LogP contribution in [0.1, 0.15) is 0 Å². The van der Waals surface area contributed by atoms with Crippen molar-refractivity contribution in [2.45, 2.75) is 0 Å². The van der Waals surface area contributed by atoms with Crippen LogP contribution < -0.4 is 0 Å². The summed E-state index contributed by atoms with van der Waals surface area (Å²) in [7, 11) is 0. The number of rotatable bonds is 0. The van der Waals surface area contributed by atoms with Crippen LogP contribution in [-0.4, -0.2) is 27.4 Å². The Balaban J connectivity index is -0.00000000800. The topological polar surface area (TPSA) is 158 Å². The van der Waals surface area contributed by atoms with Crippen molar-refractivity contribution in [3.05, 3.63) is 0 Å². The van der Waals surface area contributed by atoms with Gasteiger partial charge in [0.05, 0.1) is 0 Å². The molecule has 10 N–H and O–H groups in total. The van der Waals surface area contributed by atoms with Gasteiger partial charge in [-0.3, -0.25) is 0 Å². The molecule has 0 unspecified atom stereocenters. The summed E-state index contributed by atoms with van der Waals surface area (Å²) < 4.78 is 39.6. The predicted octanol–water partition coefficient (Wildman–Crippen LogP) is -2.45. The molecule has 10 heavy (non-hydrogen) atoms. The van der Waals surface area contributed by atoms with E-state index in [1.165, 1.54) is 0 Å². The molecule has 0 aliphatic rings. The van der Waals surface area contributed by atoms with Crippen molar-refractivity contribution in [2.75, 3.05) is 0 Å². The Bertz CT molecular complexity index is 29.1. The predicted molar refractivity (Wildman–Crippen MR) is 22.5 cm³/mol. The Morgan fingerprint density at radius 3 is 0.500 bits per heavy atom. The van der Waals surface area contributed by atoms with Crippen molar-refractivity contribution in [3.8, 4) is 0 Å². The van der Waals surface area contributed by atoms with Crippen LogP contribution in [0.25, 0.3) is 0 Å². The van der Waals surface area contributed by atoms with E-state index < -0.39 is 18.2 Å². The number of hydrogen-bond acceptors (Lipinski definition) is 0. The zero-order valence-electron chi connectivity index (χ0n) is 4.42. The molecule has 0 heterocycles. The molecule has 0 aliphatic heterocycles. The molecule has 5 nitrogen and oxygen atoms in total. The summed E-state index contributed by atoms with van der Waals surface area (Å²) in [4.78, 5) is 0. The molecule has 0 aromatic heterocycles. The first-order valence-corrected chi connectivity index (χ1v) is 5.05. The first kappa shape index (κ1) is 48.9. The van der Waals surface area contributed by atoms with Crippen LogP contribution >= 0.6 is 0 Å². The van der Waals surface area contributed by atoms with E-state index in [1.54, 1.807) is 0 Å². The van der Waals surface area contributed by atoms with Crippen LogP contribution in [-0.2, 0) is 18.2 Å². The summed E-state index contributed by atoms with van der Waals surface area (Å²) in [6, 6.07) is 0. The summed E-state index contributed by atoms with van der Waals surface area (Å²) >= 11 is -7.17. The van der Waals surface area contributed by atoms with E-state index in [0.29, 0.717) is 0 Å². The van der Waals surface area contributed by atoms with Crippen LogP contribution in [0.2, 0.25) is 0 Å². The molecule has 0 saturated heterocycles. The molecule has 0 atom stereocenters. The van der Waals surface area contributed by atoms with E-state index in [-0.39, 0.29) is 27.4 Å². The van der Waals surface area contributed by atoms with Crippen molar-refractivity contribution < 1.29 is 58.2 Å². The van der Waals surface area contributed by atoms with Gasteiger partial charge in [0.1, 0.15) is 0 Å². The Kier molecular flexibility index (Phi) is 78.7. The van der Waals surface area contributed by atoms with Gasteiger partial charge in [-0.15, -0.1) is 0 Å². The average molecular weight is 350 g/mol. The van der Waals surface area contributed by atoms with Gasteiger partial charge in [-0.2, -0.15) is 0 Å². The molecule has 74 valence electrons. The number of hydrogen-bond donors (Lipinski definition) is 0. The molecule has 0 rings (SSSR count). The van der Waals surface area contributed by atoms with Crippen molar-refractivity contribution in [2.24, 2.45) is 0 Å². The van der Waals surface area contributed by atoms with E-state index in [4.69, 9.17) is 0 Å². The zero-order chi connectivity index (χ0) is 4.50. The summed E-state index contributed by atoms with van der Waals surface area (Å²) in [5.74, 6) is 0. The molecule has 10 heteroatoms. The van der Waals surface area contributed by atoms with Crippen molar-refractivity contribution >= 4 is 0 Å². The molecule has 0 spiro atoms. The maximum atomic E-state index is 9.90. The van der Waals surface area contributed by atoms with Gasteiger partial charge in [-0.1, -0.05) is 0 Å². The van der Waals surface area contributed by atoms with Crippen LogP contribution in [0.4, 0.5) is 12.6 Å². The maximum absolute atomic E-state index is 9.90. The van der Waals surface area contributed by atoms with Crippen LogP contribution in [0, 0.1) is 0 Å². The summed E-state index contributed by atoms with van der Waals surface area (Å²) in [5, 5.41) is 0. The molecule has 0 fully saturated rings. The summed E-state index contributed by atoms with van der Waals surface area (Å²) in [5.41, 5.74) is 0. The molecule has 0 aliphatic carbocycles. The number of halogens is 4. The van der Waals surface area contributed by atoms with Gasteiger partial charge in [0.25, 0.3) is 0 Å². The first-order valence-electron chi connectivity index (χ1n) is 0.617. The summed E-state index contributed by atoms with van der Waals surface area (Å²) in [6.07, 6.45) is 0. The third-order valence-corrected chi connectivity index (χ3v) is 0. The molecule has 0 saturated carbocycles. The third-order valence-electron chi connectivity index (χ3n) is 0. The Morgan fingerprint density at radius 1 is 0.500 bits per heavy atom. The third kappa shape index (κ3) is 9830. The van der Waals surface area contributed by atoms with E-state index in [2.05, 4.69) is 0 Å². The Morgan fingerprint density at radius 2 is 0.500 bits per heavy atom. The second-order valence-corrected chi connectivity index (χ2v) is 2.86. The summed E-state index contributed by atoms with van der Waals surface area (Å²) in [6.45, 7) is 0. The van der Waals surface area contributed by atoms with Crippen molar-refractivity contribution in [1.82, 2.24) is 0 Å². The van der Waals surface area contributed by atoms with E-state index >= 15 is 0 Å². The van der Waals surface area contributed by atoms with Crippen LogP contribution in [0.5, 0.6) is 0 Å². The average Bonchev–Trinajstić information content (AvgIpc) is 0.722. The second kappa shape index (κ2) is 16.1. The van der Waals surface area contributed by atoms with Gasteiger partial charge in [0.15, 0.2) is 0 Å². The Labute approximate surface area is 59.0 Å². The quantitative estimate of drug-likeness (QED) is 0.425. The fourth-order valence-electron chi connectivity index (χ4n) is 0. The molecule has 0 aromatic rings. The first-order chi connectivity index (χ1) is 2.00. The molecular weight excluding hydrogens is 340 g/mol. The monoisotopic (exact) mass is 350 g/mol. The van der Waals surface area contributed by atoms with Crippen LogP contribution in [0.3, 0.4) is 0 Å². The molecule has 0 aromatic carbocycles. The van der Waals surface area contributed by atoms with E-state index in [1.807, 2.05) is 0 Å². The molecule has 0 amide bonds. The van der Waals surface area contributed by atoms with E-state index in [9.17, 15) is 12.6 Å². The molecule has 0 bridgehead atoms. The standard InChI is InChI=1S/4FH.5H2O.W/h4*1H;5*1H2;/q;;;;;;;;;+4/p-4. The minimum atomic E-state index is -7.17. The minimum absolute atomic E-state index is 0. The van der Waals surface area contributed by atoms with Gasteiger partial charge in [-0.05, 0) is 0 Å². The van der Waals surface area contributed by atoms with Gasteiger partial charge in [0, 0.05) is 0 Å². The zero-order valence-corrected chi connectivity index (χ0v) is 7.35.